The topological polar surface area (TPSA) is 113 Å². The average Bonchev–Trinajstić information content (AvgIpc) is 2.32. The van der Waals surface area contributed by atoms with Gasteiger partial charge in [0, 0.05) is 12.7 Å². The number of carboxylic acid groups (broad SMARTS) is 1. The van der Waals surface area contributed by atoms with Gasteiger partial charge < -0.3 is 15.3 Å². The molecule has 18 heavy (non-hydrogen) atoms. The number of aromatic nitrogens is 2. The van der Waals surface area contributed by atoms with E-state index in [1.807, 2.05) is 0 Å². The van der Waals surface area contributed by atoms with E-state index in [1.165, 1.54) is 12.1 Å². The fourth-order valence-electron chi connectivity index (χ4n) is 1.70. The standard InChI is InChI=1S/C11H10N2O5/c14-7-1-2-8(15)10-6(7)5-12-11(18)13(10)4-3-9(16)17/h1-2,5,14-15H,3-4H2,(H,16,17). The molecule has 2 aromatic rings. The van der Waals surface area contributed by atoms with E-state index in [4.69, 9.17) is 5.11 Å². The number of aryl methyl sites for hydroxylation is 1. The molecule has 3 N–H and O–H groups in total. The van der Waals surface area contributed by atoms with Gasteiger partial charge in [-0.3, -0.25) is 9.36 Å². The number of phenols is 2. The van der Waals surface area contributed by atoms with Crippen molar-refractivity contribution in [3.05, 3.63) is 28.8 Å². The summed E-state index contributed by atoms with van der Waals surface area (Å²) >= 11 is 0. The fraction of sp³-hybridized carbons (Fsp3) is 0.182. The normalized spacial score (nSPS) is 10.7. The van der Waals surface area contributed by atoms with Crippen molar-refractivity contribution in [1.29, 1.82) is 0 Å². The summed E-state index contributed by atoms with van der Waals surface area (Å²) in [4.78, 5) is 25.6. The molecule has 0 unspecified atom stereocenters. The molecule has 0 aliphatic carbocycles. The van der Waals surface area contributed by atoms with Crippen LogP contribution in [-0.4, -0.2) is 30.8 Å². The minimum atomic E-state index is -1.07. The van der Waals surface area contributed by atoms with Gasteiger partial charge in [-0.2, -0.15) is 0 Å². The highest BCUT2D eigenvalue weighted by Gasteiger charge is 2.12. The molecule has 0 saturated heterocycles. The number of nitrogens with zero attached hydrogens (tertiary/aromatic N) is 2. The first-order valence-corrected chi connectivity index (χ1v) is 5.13. The lowest BCUT2D eigenvalue weighted by Crippen LogP contribution is -2.24. The zero-order valence-corrected chi connectivity index (χ0v) is 9.20. The molecule has 7 heteroatoms. The second-order valence-corrected chi connectivity index (χ2v) is 3.70. The van der Waals surface area contributed by atoms with Crippen LogP contribution in [0.1, 0.15) is 6.42 Å². The Labute approximate surface area is 101 Å². The third-order valence-corrected chi connectivity index (χ3v) is 2.53. The Hall–Kier alpha value is -2.57. The van der Waals surface area contributed by atoms with Crippen LogP contribution in [0.3, 0.4) is 0 Å². The summed E-state index contributed by atoms with van der Waals surface area (Å²) < 4.78 is 1.03. The summed E-state index contributed by atoms with van der Waals surface area (Å²) in [6.07, 6.45) is 0.861. The Balaban J connectivity index is 2.70. The molecular weight excluding hydrogens is 240 g/mol. The van der Waals surface area contributed by atoms with Crippen LogP contribution in [0, 0.1) is 0 Å². The highest BCUT2D eigenvalue weighted by molar-refractivity contribution is 5.89. The Morgan fingerprint density at radius 3 is 2.61 bits per heavy atom. The maximum absolute atomic E-state index is 11.6. The van der Waals surface area contributed by atoms with Gasteiger partial charge in [-0.15, -0.1) is 0 Å². The van der Waals surface area contributed by atoms with Gasteiger partial charge in [0.25, 0.3) is 0 Å². The number of aliphatic carboxylic acids is 1. The molecule has 0 bridgehead atoms. The average molecular weight is 250 g/mol. The van der Waals surface area contributed by atoms with E-state index < -0.39 is 11.7 Å². The monoisotopic (exact) mass is 250 g/mol. The molecule has 0 radical (unpaired) electrons. The van der Waals surface area contributed by atoms with Gasteiger partial charge in [-0.25, -0.2) is 9.78 Å². The molecule has 1 heterocycles. The zero-order chi connectivity index (χ0) is 13.3. The summed E-state index contributed by atoms with van der Waals surface area (Å²) in [5, 5.41) is 28.1. The van der Waals surface area contributed by atoms with Gasteiger partial charge in [0.2, 0.25) is 0 Å². The van der Waals surface area contributed by atoms with Crippen molar-refractivity contribution >= 4 is 16.9 Å². The maximum Gasteiger partial charge on any atom is 0.348 e. The summed E-state index contributed by atoms with van der Waals surface area (Å²) in [6, 6.07) is 2.50. The molecule has 0 amide bonds. The molecule has 0 aliphatic heterocycles. The lowest BCUT2D eigenvalue weighted by Gasteiger charge is -2.10. The largest absolute Gasteiger partial charge is 0.507 e. The summed E-state index contributed by atoms with van der Waals surface area (Å²) in [6.45, 7) is -0.129. The summed E-state index contributed by atoms with van der Waals surface area (Å²) in [7, 11) is 0. The molecule has 0 fully saturated rings. The van der Waals surface area contributed by atoms with Crippen molar-refractivity contribution in [2.75, 3.05) is 0 Å². The summed E-state index contributed by atoms with van der Waals surface area (Å²) in [5.41, 5.74) is -0.596. The van der Waals surface area contributed by atoms with Crippen LogP contribution in [0.25, 0.3) is 10.9 Å². The van der Waals surface area contributed by atoms with E-state index in [9.17, 15) is 19.8 Å². The molecular formula is C11H10N2O5. The molecule has 1 aromatic heterocycles. The van der Waals surface area contributed by atoms with Crippen molar-refractivity contribution in [1.82, 2.24) is 9.55 Å². The number of hydrogen-bond donors (Lipinski definition) is 3. The lowest BCUT2D eigenvalue weighted by molar-refractivity contribution is -0.137. The predicted molar refractivity (Wildman–Crippen MR) is 61.6 cm³/mol. The van der Waals surface area contributed by atoms with Gasteiger partial charge >= 0.3 is 11.7 Å². The second-order valence-electron chi connectivity index (χ2n) is 3.70. The first kappa shape index (κ1) is 11.9. The molecule has 1 aromatic carbocycles. The van der Waals surface area contributed by atoms with Crippen molar-refractivity contribution in [2.24, 2.45) is 0 Å². The van der Waals surface area contributed by atoms with Crippen molar-refractivity contribution in [3.8, 4) is 11.5 Å². The van der Waals surface area contributed by atoms with Crippen LogP contribution in [0.15, 0.2) is 23.1 Å². The number of aromatic hydroxyl groups is 2. The quantitative estimate of drug-likeness (QED) is 0.674. The van der Waals surface area contributed by atoms with Crippen molar-refractivity contribution in [3.63, 3.8) is 0 Å². The van der Waals surface area contributed by atoms with Crippen LogP contribution in [-0.2, 0) is 11.3 Å². The van der Waals surface area contributed by atoms with E-state index in [-0.39, 0.29) is 35.4 Å². The van der Waals surface area contributed by atoms with Gasteiger partial charge in [-0.1, -0.05) is 0 Å². The fourth-order valence-corrected chi connectivity index (χ4v) is 1.70. The zero-order valence-electron chi connectivity index (χ0n) is 9.20. The third-order valence-electron chi connectivity index (χ3n) is 2.53. The lowest BCUT2D eigenvalue weighted by atomic mass is 10.2. The number of fused-ring (bicyclic) bond motifs is 1. The first-order chi connectivity index (χ1) is 8.50. The minimum absolute atomic E-state index is 0.0799. The Morgan fingerprint density at radius 1 is 1.28 bits per heavy atom. The van der Waals surface area contributed by atoms with Crippen LogP contribution in [0.2, 0.25) is 0 Å². The number of carbonyl (C=O) groups is 1. The molecule has 0 spiro atoms. The van der Waals surface area contributed by atoms with E-state index in [1.54, 1.807) is 0 Å². The summed E-state index contributed by atoms with van der Waals surface area (Å²) in [5.74, 6) is -1.43. The number of benzene rings is 1. The molecule has 0 saturated carbocycles. The molecule has 0 atom stereocenters. The maximum atomic E-state index is 11.6. The SMILES string of the molecule is O=C(O)CCn1c(=O)ncc2c(O)ccc(O)c21. The van der Waals surface area contributed by atoms with E-state index in [0.29, 0.717) is 0 Å². The second kappa shape index (κ2) is 4.36. The van der Waals surface area contributed by atoms with Crippen LogP contribution >= 0.6 is 0 Å². The van der Waals surface area contributed by atoms with Gasteiger partial charge in [0.05, 0.1) is 17.3 Å². The Morgan fingerprint density at radius 2 is 1.94 bits per heavy atom. The Bertz CT molecular complexity index is 677. The molecule has 7 nitrogen and oxygen atoms in total. The van der Waals surface area contributed by atoms with E-state index in [0.717, 1.165) is 10.8 Å². The predicted octanol–water partition coefficient (Wildman–Crippen LogP) is 0.282. The smallest absolute Gasteiger partial charge is 0.348 e. The van der Waals surface area contributed by atoms with Gasteiger partial charge in [0.15, 0.2) is 0 Å². The first-order valence-electron chi connectivity index (χ1n) is 5.13. The number of rotatable bonds is 3. The van der Waals surface area contributed by atoms with E-state index >= 15 is 0 Å². The van der Waals surface area contributed by atoms with Crippen LogP contribution in [0.5, 0.6) is 11.5 Å². The molecule has 94 valence electrons. The highest BCUT2D eigenvalue weighted by atomic mass is 16.4. The van der Waals surface area contributed by atoms with Gasteiger partial charge in [-0.05, 0) is 12.1 Å². The third kappa shape index (κ3) is 1.97. The van der Waals surface area contributed by atoms with E-state index in [2.05, 4.69) is 4.98 Å². The molecule has 0 aliphatic rings. The van der Waals surface area contributed by atoms with Gasteiger partial charge in [0.1, 0.15) is 11.5 Å². The van der Waals surface area contributed by atoms with Crippen LogP contribution in [0.4, 0.5) is 0 Å². The number of carboxylic acids is 1. The minimum Gasteiger partial charge on any atom is -0.507 e. The van der Waals surface area contributed by atoms with Crippen molar-refractivity contribution < 1.29 is 20.1 Å². The molecule has 2 rings (SSSR count). The number of hydrogen-bond acceptors (Lipinski definition) is 5. The van der Waals surface area contributed by atoms with Crippen LogP contribution < -0.4 is 5.69 Å². The van der Waals surface area contributed by atoms with Crippen molar-refractivity contribution in [2.45, 2.75) is 13.0 Å². The number of phenolic OH excluding ortho intramolecular Hbond substituents is 2. The Kier molecular flexibility index (Phi) is 2.88. The highest BCUT2D eigenvalue weighted by Crippen LogP contribution is 2.29.